The van der Waals surface area contributed by atoms with Crippen LogP contribution in [0.15, 0.2) is 24.3 Å². The number of nitrogens with one attached hydrogen (secondary N) is 2. The quantitative estimate of drug-likeness (QED) is 0.811. The van der Waals surface area contributed by atoms with E-state index in [2.05, 4.69) is 15.4 Å². The second kappa shape index (κ2) is 6.33. The first-order chi connectivity index (χ1) is 9.20. The highest BCUT2D eigenvalue weighted by molar-refractivity contribution is 5.97. The normalized spacial score (nSPS) is 18.7. The Hall–Kier alpha value is -1.88. The number of rotatable bonds is 3. The first-order valence-electron chi connectivity index (χ1n) is 6.43. The van der Waals surface area contributed by atoms with Crippen LogP contribution in [-0.2, 0) is 9.53 Å². The number of benzene rings is 1. The number of carbonyl (C=O) groups is 2. The number of anilines is 1. The van der Waals surface area contributed by atoms with E-state index in [1.165, 1.54) is 7.11 Å². The van der Waals surface area contributed by atoms with E-state index in [0.29, 0.717) is 11.3 Å². The van der Waals surface area contributed by atoms with Crippen LogP contribution in [0.5, 0.6) is 0 Å². The number of amides is 1. The minimum absolute atomic E-state index is 0.0540. The number of ether oxygens (including phenoxy) is 1. The average Bonchev–Trinajstić information content (AvgIpc) is 2.47. The van der Waals surface area contributed by atoms with Crippen molar-refractivity contribution in [2.24, 2.45) is 0 Å². The molecule has 5 nitrogen and oxygen atoms in total. The maximum Gasteiger partial charge on any atom is 0.337 e. The number of piperidine rings is 1. The van der Waals surface area contributed by atoms with Gasteiger partial charge in [-0.15, -0.1) is 0 Å². The molecule has 2 rings (SSSR count). The maximum absolute atomic E-state index is 12.0. The molecule has 1 amide bonds. The molecular formula is C14H18N2O3. The zero-order chi connectivity index (χ0) is 13.7. The molecule has 1 atom stereocenters. The van der Waals surface area contributed by atoms with Crippen LogP contribution in [0.2, 0.25) is 0 Å². The summed E-state index contributed by atoms with van der Waals surface area (Å²) < 4.78 is 4.65. The van der Waals surface area contributed by atoms with E-state index in [-0.39, 0.29) is 11.9 Å². The average molecular weight is 262 g/mol. The minimum Gasteiger partial charge on any atom is -0.465 e. The Morgan fingerprint density at radius 1 is 1.37 bits per heavy atom. The Bertz CT molecular complexity index is 468. The molecule has 1 aromatic carbocycles. The Balaban J connectivity index is 2.02. The summed E-state index contributed by atoms with van der Waals surface area (Å²) in [5.74, 6) is -0.464. The van der Waals surface area contributed by atoms with E-state index in [0.717, 1.165) is 25.8 Å². The predicted octanol–water partition coefficient (Wildman–Crippen LogP) is 1.55. The molecule has 102 valence electrons. The fourth-order valence-electron chi connectivity index (χ4n) is 2.15. The van der Waals surface area contributed by atoms with Crippen molar-refractivity contribution < 1.29 is 14.3 Å². The van der Waals surface area contributed by atoms with E-state index in [4.69, 9.17) is 0 Å². The van der Waals surface area contributed by atoms with E-state index < -0.39 is 5.97 Å². The van der Waals surface area contributed by atoms with Gasteiger partial charge in [0.2, 0.25) is 5.91 Å². The van der Waals surface area contributed by atoms with E-state index >= 15 is 0 Å². The third kappa shape index (κ3) is 3.54. The lowest BCUT2D eigenvalue weighted by Gasteiger charge is -2.22. The van der Waals surface area contributed by atoms with E-state index in [1.54, 1.807) is 24.3 Å². The van der Waals surface area contributed by atoms with Gasteiger partial charge in [-0.2, -0.15) is 0 Å². The van der Waals surface area contributed by atoms with Crippen molar-refractivity contribution in [1.82, 2.24) is 5.32 Å². The lowest BCUT2D eigenvalue weighted by Crippen LogP contribution is -2.43. The molecule has 0 aliphatic carbocycles. The van der Waals surface area contributed by atoms with Crippen molar-refractivity contribution >= 4 is 17.6 Å². The van der Waals surface area contributed by atoms with Crippen LogP contribution in [0.4, 0.5) is 5.69 Å². The SMILES string of the molecule is COC(=O)c1cccc(NC(=O)[C@@H]2CCCCN2)c1. The van der Waals surface area contributed by atoms with Crippen LogP contribution in [-0.4, -0.2) is 31.6 Å². The zero-order valence-electron chi connectivity index (χ0n) is 10.9. The smallest absolute Gasteiger partial charge is 0.337 e. The second-order valence-corrected chi connectivity index (χ2v) is 4.56. The molecule has 19 heavy (non-hydrogen) atoms. The number of hydrogen-bond donors (Lipinski definition) is 2. The summed E-state index contributed by atoms with van der Waals surface area (Å²) in [6, 6.07) is 6.60. The summed E-state index contributed by atoms with van der Waals surface area (Å²) in [5.41, 5.74) is 1.04. The summed E-state index contributed by atoms with van der Waals surface area (Å²) in [6.45, 7) is 0.875. The second-order valence-electron chi connectivity index (χ2n) is 4.56. The van der Waals surface area contributed by atoms with Crippen LogP contribution in [0, 0.1) is 0 Å². The van der Waals surface area contributed by atoms with Crippen LogP contribution < -0.4 is 10.6 Å². The Morgan fingerprint density at radius 3 is 2.89 bits per heavy atom. The standard InChI is InChI=1S/C14H18N2O3/c1-19-14(18)10-5-4-6-11(9-10)16-13(17)12-7-2-3-8-15-12/h4-6,9,12,15H,2-3,7-8H2,1H3,(H,16,17)/t12-/m0/s1. The molecule has 1 fully saturated rings. The first-order valence-corrected chi connectivity index (χ1v) is 6.43. The summed E-state index contributed by atoms with van der Waals surface area (Å²) in [7, 11) is 1.33. The van der Waals surface area contributed by atoms with Gasteiger partial charge >= 0.3 is 5.97 Å². The molecule has 1 heterocycles. The Kier molecular flexibility index (Phi) is 4.52. The van der Waals surface area contributed by atoms with Gasteiger partial charge in [-0.3, -0.25) is 4.79 Å². The van der Waals surface area contributed by atoms with Crippen molar-refractivity contribution in [3.63, 3.8) is 0 Å². The molecular weight excluding hydrogens is 244 g/mol. The summed E-state index contributed by atoms with van der Waals surface area (Å²) in [6.07, 6.45) is 3.03. The maximum atomic E-state index is 12.0. The largest absolute Gasteiger partial charge is 0.465 e. The number of hydrogen-bond acceptors (Lipinski definition) is 4. The van der Waals surface area contributed by atoms with Gasteiger partial charge in [0.1, 0.15) is 0 Å². The van der Waals surface area contributed by atoms with Crippen LogP contribution in [0.3, 0.4) is 0 Å². The van der Waals surface area contributed by atoms with Crippen LogP contribution >= 0.6 is 0 Å². The van der Waals surface area contributed by atoms with Crippen molar-refractivity contribution in [1.29, 1.82) is 0 Å². The monoisotopic (exact) mass is 262 g/mol. The highest BCUT2D eigenvalue weighted by Gasteiger charge is 2.20. The number of methoxy groups -OCH3 is 1. The summed E-state index contributed by atoms with van der Waals surface area (Å²) in [4.78, 5) is 23.4. The molecule has 2 N–H and O–H groups in total. The van der Waals surface area contributed by atoms with Crippen molar-refractivity contribution in [3.05, 3.63) is 29.8 Å². The Labute approximate surface area is 112 Å². The molecule has 1 saturated heterocycles. The van der Waals surface area contributed by atoms with Gasteiger partial charge in [0.15, 0.2) is 0 Å². The molecule has 0 saturated carbocycles. The van der Waals surface area contributed by atoms with Gasteiger partial charge < -0.3 is 15.4 Å². The van der Waals surface area contributed by atoms with Gasteiger partial charge in [-0.1, -0.05) is 12.5 Å². The van der Waals surface area contributed by atoms with Gasteiger partial charge in [0.25, 0.3) is 0 Å². The molecule has 0 bridgehead atoms. The number of carbonyl (C=O) groups excluding carboxylic acids is 2. The molecule has 1 aliphatic heterocycles. The first kappa shape index (κ1) is 13.5. The van der Waals surface area contributed by atoms with E-state index in [9.17, 15) is 9.59 Å². The molecule has 1 aromatic rings. The van der Waals surface area contributed by atoms with Crippen LogP contribution in [0.1, 0.15) is 29.6 Å². The third-order valence-electron chi connectivity index (χ3n) is 3.18. The van der Waals surface area contributed by atoms with Gasteiger partial charge in [-0.25, -0.2) is 4.79 Å². The fourth-order valence-corrected chi connectivity index (χ4v) is 2.15. The molecule has 0 aromatic heterocycles. The van der Waals surface area contributed by atoms with Crippen molar-refractivity contribution in [3.8, 4) is 0 Å². The zero-order valence-corrected chi connectivity index (χ0v) is 10.9. The highest BCUT2D eigenvalue weighted by atomic mass is 16.5. The van der Waals surface area contributed by atoms with Gasteiger partial charge in [0.05, 0.1) is 18.7 Å². The highest BCUT2D eigenvalue weighted by Crippen LogP contribution is 2.14. The molecule has 0 radical (unpaired) electrons. The molecule has 0 unspecified atom stereocenters. The third-order valence-corrected chi connectivity index (χ3v) is 3.18. The van der Waals surface area contributed by atoms with Crippen molar-refractivity contribution in [2.75, 3.05) is 19.0 Å². The number of esters is 1. The summed E-state index contributed by atoms with van der Waals surface area (Å²) in [5, 5.41) is 6.01. The van der Waals surface area contributed by atoms with Crippen molar-refractivity contribution in [2.45, 2.75) is 25.3 Å². The topological polar surface area (TPSA) is 67.4 Å². The Morgan fingerprint density at radius 2 is 2.21 bits per heavy atom. The fraction of sp³-hybridized carbons (Fsp3) is 0.429. The predicted molar refractivity (Wildman–Crippen MR) is 72.1 cm³/mol. The van der Waals surface area contributed by atoms with Gasteiger partial charge in [-0.05, 0) is 37.6 Å². The lowest BCUT2D eigenvalue weighted by atomic mass is 10.0. The lowest BCUT2D eigenvalue weighted by molar-refractivity contribution is -0.118. The molecule has 5 heteroatoms. The minimum atomic E-state index is -0.410. The van der Waals surface area contributed by atoms with Gasteiger partial charge in [0, 0.05) is 5.69 Å². The molecule has 0 spiro atoms. The summed E-state index contributed by atoms with van der Waals surface area (Å²) >= 11 is 0. The van der Waals surface area contributed by atoms with Crippen LogP contribution in [0.25, 0.3) is 0 Å². The van der Waals surface area contributed by atoms with E-state index in [1.807, 2.05) is 0 Å². The molecule has 1 aliphatic rings.